The topological polar surface area (TPSA) is 56.6 Å². The van der Waals surface area contributed by atoms with Crippen LogP contribution >= 0.6 is 15.9 Å². The molecule has 0 bridgehead atoms. The fourth-order valence-electron chi connectivity index (χ4n) is 4.44. The lowest BCUT2D eigenvalue weighted by atomic mass is 9.98. The summed E-state index contributed by atoms with van der Waals surface area (Å²) < 4.78 is 13.5. The second-order valence-corrected chi connectivity index (χ2v) is 9.48. The fraction of sp³-hybridized carbons (Fsp3) is 0.417. The van der Waals surface area contributed by atoms with Crippen molar-refractivity contribution in [3.63, 3.8) is 0 Å². The van der Waals surface area contributed by atoms with Crippen molar-refractivity contribution in [3.05, 3.63) is 65.2 Å². The second-order valence-electron chi connectivity index (χ2n) is 8.38. The molecule has 2 atom stereocenters. The van der Waals surface area contributed by atoms with Crippen molar-refractivity contribution in [3.8, 4) is 11.1 Å². The van der Waals surface area contributed by atoms with Gasteiger partial charge in [-0.1, -0.05) is 40.2 Å². The van der Waals surface area contributed by atoms with Crippen molar-refractivity contribution in [2.75, 3.05) is 19.8 Å². The SMILES string of the molecule is Cn1cc(-c2ccc(CN3CC4=C(C3=O)C(OCC3CCCO3)=CCC4Br)cc2)cn1. The number of alkyl halides is 1. The number of benzene rings is 1. The number of allylic oxidation sites excluding steroid dienone is 1. The van der Waals surface area contributed by atoms with Crippen LogP contribution < -0.4 is 0 Å². The van der Waals surface area contributed by atoms with E-state index < -0.39 is 0 Å². The van der Waals surface area contributed by atoms with Gasteiger partial charge in [0.1, 0.15) is 12.4 Å². The average Bonchev–Trinajstić information content (AvgIpc) is 3.51. The summed E-state index contributed by atoms with van der Waals surface area (Å²) in [6, 6.07) is 8.35. The summed E-state index contributed by atoms with van der Waals surface area (Å²) in [5.41, 5.74) is 5.18. The fourth-order valence-corrected chi connectivity index (χ4v) is 5.00. The Morgan fingerprint density at radius 1 is 1.26 bits per heavy atom. The number of hydrogen-bond acceptors (Lipinski definition) is 4. The zero-order chi connectivity index (χ0) is 21.4. The normalized spacial score (nSPS) is 23.4. The van der Waals surface area contributed by atoms with Gasteiger partial charge in [-0.2, -0.15) is 5.10 Å². The summed E-state index contributed by atoms with van der Waals surface area (Å²) in [7, 11) is 1.91. The van der Waals surface area contributed by atoms with E-state index >= 15 is 0 Å². The molecule has 2 aromatic rings. The molecule has 31 heavy (non-hydrogen) atoms. The molecule has 162 valence electrons. The van der Waals surface area contributed by atoms with Crippen LogP contribution in [0.2, 0.25) is 0 Å². The molecule has 1 amide bonds. The van der Waals surface area contributed by atoms with Crippen molar-refractivity contribution in [2.24, 2.45) is 7.05 Å². The van der Waals surface area contributed by atoms with Gasteiger partial charge < -0.3 is 14.4 Å². The van der Waals surface area contributed by atoms with Crippen molar-refractivity contribution in [1.82, 2.24) is 14.7 Å². The first-order chi connectivity index (χ1) is 15.1. The van der Waals surface area contributed by atoms with E-state index in [1.165, 1.54) is 0 Å². The van der Waals surface area contributed by atoms with Crippen LogP contribution in [-0.2, 0) is 27.9 Å². The summed E-state index contributed by atoms with van der Waals surface area (Å²) in [4.78, 5) is 15.4. The monoisotopic (exact) mass is 483 g/mol. The van der Waals surface area contributed by atoms with Gasteiger partial charge in [0.25, 0.3) is 5.91 Å². The summed E-state index contributed by atoms with van der Waals surface area (Å²) >= 11 is 3.75. The Morgan fingerprint density at radius 2 is 2.10 bits per heavy atom. The molecule has 0 N–H and O–H groups in total. The maximum absolute atomic E-state index is 13.3. The summed E-state index contributed by atoms with van der Waals surface area (Å²) in [6.07, 6.45) is 8.97. The Bertz CT molecular complexity index is 1030. The number of amides is 1. The minimum atomic E-state index is 0.0501. The molecule has 0 saturated carbocycles. The van der Waals surface area contributed by atoms with Gasteiger partial charge in [0.15, 0.2) is 0 Å². The predicted molar refractivity (Wildman–Crippen MR) is 121 cm³/mol. The quantitative estimate of drug-likeness (QED) is 0.583. The van der Waals surface area contributed by atoms with E-state index in [4.69, 9.17) is 9.47 Å². The molecule has 1 aromatic carbocycles. The molecule has 0 radical (unpaired) electrons. The van der Waals surface area contributed by atoms with Gasteiger partial charge in [0.2, 0.25) is 0 Å². The summed E-state index contributed by atoms with van der Waals surface area (Å²) in [5, 5.41) is 4.23. The highest BCUT2D eigenvalue weighted by Gasteiger charge is 2.38. The third-order valence-corrected chi connectivity index (χ3v) is 7.06. The number of ether oxygens (including phenoxy) is 2. The maximum Gasteiger partial charge on any atom is 0.258 e. The summed E-state index contributed by atoms with van der Waals surface area (Å²) in [5.74, 6) is 0.773. The van der Waals surface area contributed by atoms with Gasteiger partial charge in [0, 0.05) is 43.3 Å². The van der Waals surface area contributed by atoms with Crippen LogP contribution in [0.5, 0.6) is 0 Å². The number of carbonyl (C=O) groups is 1. The third-order valence-electron chi connectivity index (χ3n) is 6.13. The highest BCUT2D eigenvalue weighted by molar-refractivity contribution is 9.09. The van der Waals surface area contributed by atoms with Crippen LogP contribution in [0, 0.1) is 0 Å². The molecule has 1 aliphatic carbocycles. The number of aromatic nitrogens is 2. The van der Waals surface area contributed by atoms with Crippen molar-refractivity contribution >= 4 is 21.8 Å². The van der Waals surface area contributed by atoms with Crippen LogP contribution in [0.15, 0.2) is 59.6 Å². The zero-order valence-corrected chi connectivity index (χ0v) is 19.2. The van der Waals surface area contributed by atoms with Gasteiger partial charge in [-0.05, 0) is 42.0 Å². The van der Waals surface area contributed by atoms with E-state index in [0.29, 0.717) is 19.7 Å². The van der Waals surface area contributed by atoms with Crippen LogP contribution in [0.25, 0.3) is 11.1 Å². The molecule has 6 nitrogen and oxygen atoms in total. The maximum atomic E-state index is 13.3. The van der Waals surface area contributed by atoms with E-state index in [2.05, 4.69) is 45.3 Å². The molecule has 5 rings (SSSR count). The molecule has 1 saturated heterocycles. The standard InChI is InChI=1S/C24H26BrN3O3/c1-27-13-18(11-26-27)17-6-4-16(5-7-17)12-28-14-20-21(25)8-9-22(23(20)24(28)29)31-15-19-3-2-10-30-19/h4-7,9,11,13,19,21H,2-3,8,10,12,14-15H2,1H3. The third kappa shape index (κ3) is 4.21. The van der Waals surface area contributed by atoms with Gasteiger partial charge in [-0.25, -0.2) is 0 Å². The molecular formula is C24H26BrN3O3. The lowest BCUT2D eigenvalue weighted by Crippen LogP contribution is -2.27. The number of nitrogens with zero attached hydrogens (tertiary/aromatic N) is 3. The van der Waals surface area contributed by atoms with Crippen LogP contribution in [-0.4, -0.2) is 51.3 Å². The molecule has 0 spiro atoms. The Kier molecular flexibility index (Phi) is 5.71. The lowest BCUT2D eigenvalue weighted by Gasteiger charge is -2.20. The summed E-state index contributed by atoms with van der Waals surface area (Å²) in [6.45, 7) is 2.53. The van der Waals surface area contributed by atoms with E-state index in [1.54, 1.807) is 4.68 Å². The van der Waals surface area contributed by atoms with Gasteiger partial charge >= 0.3 is 0 Å². The smallest absolute Gasteiger partial charge is 0.258 e. The minimum absolute atomic E-state index is 0.0501. The molecular weight excluding hydrogens is 458 g/mol. The molecule has 2 aliphatic heterocycles. The van der Waals surface area contributed by atoms with Gasteiger partial charge in [-0.3, -0.25) is 9.48 Å². The van der Waals surface area contributed by atoms with Crippen LogP contribution in [0.3, 0.4) is 0 Å². The number of rotatable bonds is 6. The first-order valence-corrected chi connectivity index (χ1v) is 11.7. The molecule has 2 unspecified atom stereocenters. The van der Waals surface area contributed by atoms with Gasteiger partial charge in [-0.15, -0.1) is 0 Å². The predicted octanol–water partition coefficient (Wildman–Crippen LogP) is 3.97. The number of halogens is 1. The average molecular weight is 484 g/mol. The van der Waals surface area contributed by atoms with E-state index in [9.17, 15) is 4.79 Å². The Labute approximate surface area is 190 Å². The molecule has 1 aromatic heterocycles. The first kappa shape index (κ1) is 20.5. The van der Waals surface area contributed by atoms with Gasteiger partial charge in [0.05, 0.1) is 17.9 Å². The van der Waals surface area contributed by atoms with Crippen LogP contribution in [0.4, 0.5) is 0 Å². The number of aryl methyl sites for hydroxylation is 1. The highest BCUT2D eigenvalue weighted by atomic mass is 79.9. The minimum Gasteiger partial charge on any atom is -0.490 e. The molecule has 7 heteroatoms. The molecule has 3 aliphatic rings. The first-order valence-electron chi connectivity index (χ1n) is 10.8. The Hall–Kier alpha value is -2.38. The number of hydrogen-bond donors (Lipinski definition) is 0. The Balaban J connectivity index is 1.27. The molecule has 3 heterocycles. The largest absolute Gasteiger partial charge is 0.490 e. The van der Waals surface area contributed by atoms with E-state index in [1.807, 2.05) is 30.4 Å². The second kappa shape index (κ2) is 8.63. The number of carbonyl (C=O) groups excluding carboxylic acids is 1. The highest BCUT2D eigenvalue weighted by Crippen LogP contribution is 2.37. The molecule has 1 fully saturated rings. The van der Waals surface area contributed by atoms with Crippen molar-refractivity contribution in [1.29, 1.82) is 0 Å². The van der Waals surface area contributed by atoms with E-state index in [-0.39, 0.29) is 16.8 Å². The van der Waals surface area contributed by atoms with Crippen molar-refractivity contribution < 1.29 is 14.3 Å². The van der Waals surface area contributed by atoms with Crippen molar-refractivity contribution in [2.45, 2.75) is 36.7 Å². The Morgan fingerprint density at radius 3 is 2.81 bits per heavy atom. The van der Waals surface area contributed by atoms with Crippen LogP contribution in [0.1, 0.15) is 24.8 Å². The lowest BCUT2D eigenvalue weighted by molar-refractivity contribution is -0.126. The zero-order valence-electron chi connectivity index (χ0n) is 17.6. The van der Waals surface area contributed by atoms with E-state index in [0.717, 1.165) is 59.5 Å².